The summed E-state index contributed by atoms with van der Waals surface area (Å²) < 4.78 is 5.80. The highest BCUT2D eigenvalue weighted by atomic mass is 35.5. The number of rotatable bonds is 4. The number of halogens is 1. The van der Waals surface area contributed by atoms with Crippen molar-refractivity contribution in [1.29, 1.82) is 0 Å². The number of carbonyl (C=O) groups is 2. The van der Waals surface area contributed by atoms with Gasteiger partial charge in [-0.15, -0.1) is 11.6 Å². The fourth-order valence-electron chi connectivity index (χ4n) is 8.57. The van der Waals surface area contributed by atoms with Gasteiger partial charge in [-0.2, -0.15) is 0 Å². The Balaban J connectivity index is 1.12. The van der Waals surface area contributed by atoms with Gasteiger partial charge in [0.25, 0.3) is 5.91 Å². The Kier molecular flexibility index (Phi) is 7.20. The molecule has 0 spiro atoms. The number of fused-ring (bicyclic) bond motifs is 5. The zero-order valence-corrected chi connectivity index (χ0v) is 24.5. The quantitative estimate of drug-likeness (QED) is 0.263. The van der Waals surface area contributed by atoms with E-state index in [1.807, 2.05) is 29.2 Å². The number of Topliss-reactive ketones (excluding diaryl/α,β-unsaturated/α-hetero) is 1. The number of allylic oxidation sites excluding steroid dienone is 3. The van der Waals surface area contributed by atoms with E-state index in [0.717, 1.165) is 75.8 Å². The molecule has 0 aromatic heterocycles. The van der Waals surface area contributed by atoms with Crippen LogP contribution in [0.15, 0.2) is 41.5 Å². The van der Waals surface area contributed by atoms with Crippen LogP contribution < -0.4 is 4.74 Å². The Morgan fingerprint density at radius 1 is 1.03 bits per heavy atom. The summed E-state index contributed by atoms with van der Waals surface area (Å²) in [5.74, 6) is 2.74. The second kappa shape index (κ2) is 10.4. The molecular formula is C33H43ClN2O3. The van der Waals surface area contributed by atoms with Crippen LogP contribution >= 0.6 is 11.6 Å². The Hall–Kier alpha value is -2.11. The van der Waals surface area contributed by atoms with Gasteiger partial charge in [-0.1, -0.05) is 37.6 Å². The first kappa shape index (κ1) is 27.1. The lowest BCUT2D eigenvalue weighted by molar-refractivity contribution is -0.135. The molecule has 0 N–H and O–H groups in total. The third-order valence-electron chi connectivity index (χ3n) is 11.1. The molecule has 1 aromatic carbocycles. The van der Waals surface area contributed by atoms with Crippen LogP contribution in [0.2, 0.25) is 0 Å². The van der Waals surface area contributed by atoms with Crippen LogP contribution in [0.25, 0.3) is 6.08 Å². The van der Waals surface area contributed by atoms with Crippen molar-refractivity contribution in [1.82, 2.24) is 9.80 Å². The number of nitrogens with zero attached hydrogens (tertiary/aromatic N) is 2. The maximum absolute atomic E-state index is 13.8. The number of piperazine rings is 1. The third kappa shape index (κ3) is 4.88. The summed E-state index contributed by atoms with van der Waals surface area (Å²) in [6, 6.07) is 7.83. The fraction of sp³-hybridized carbons (Fsp3) is 0.636. The molecule has 1 aliphatic heterocycles. The van der Waals surface area contributed by atoms with Gasteiger partial charge < -0.3 is 14.5 Å². The molecule has 0 bridgehead atoms. The molecule has 6 rings (SSSR count). The Morgan fingerprint density at radius 2 is 1.74 bits per heavy atom. The maximum atomic E-state index is 13.8. The number of amides is 1. The van der Waals surface area contributed by atoms with Crippen LogP contribution in [-0.4, -0.2) is 66.7 Å². The average molecular weight is 551 g/mol. The predicted octanol–water partition coefficient (Wildman–Crippen LogP) is 5.97. The fourth-order valence-corrected chi connectivity index (χ4v) is 8.84. The van der Waals surface area contributed by atoms with Gasteiger partial charge in [0, 0.05) is 37.0 Å². The minimum atomic E-state index is -0.245. The van der Waals surface area contributed by atoms with Crippen LogP contribution in [0.5, 0.6) is 5.75 Å². The highest BCUT2D eigenvalue weighted by Crippen LogP contribution is 2.65. The largest absolute Gasteiger partial charge is 0.484 e. The van der Waals surface area contributed by atoms with Crippen molar-refractivity contribution >= 4 is 29.4 Å². The standard InChI is InChI=1S/C33H43ClN2O3/c1-32-12-10-25(34)20-24(32)6-9-27-28(32)11-13-33(2)29(27)19-23(31(33)38)18-22-4-7-26(8-5-22)39-21-30(37)36-16-14-35(3)15-17-36/h4-8,18,25,27-29H,9-17,19-21H2,1-3H3/b23-18+. The first-order valence-corrected chi connectivity index (χ1v) is 15.4. The van der Waals surface area contributed by atoms with E-state index < -0.39 is 0 Å². The molecule has 6 heteroatoms. The molecule has 1 saturated heterocycles. The van der Waals surface area contributed by atoms with E-state index in [2.05, 4.69) is 37.9 Å². The van der Waals surface area contributed by atoms with Crippen LogP contribution in [0, 0.1) is 28.6 Å². The van der Waals surface area contributed by atoms with Crippen molar-refractivity contribution in [3.05, 3.63) is 47.1 Å². The minimum absolute atomic E-state index is 0.0363. The number of likely N-dealkylation sites (N-methyl/N-ethyl adjacent to an activating group) is 1. The highest BCUT2D eigenvalue weighted by Gasteiger charge is 2.59. The average Bonchev–Trinajstić information content (AvgIpc) is 3.18. The van der Waals surface area contributed by atoms with E-state index in [4.69, 9.17) is 16.3 Å². The lowest BCUT2D eigenvalue weighted by Crippen LogP contribution is -2.50. The van der Waals surface area contributed by atoms with E-state index in [1.54, 1.807) is 5.57 Å². The second-order valence-electron chi connectivity index (χ2n) is 13.3. The van der Waals surface area contributed by atoms with Gasteiger partial charge in [0.15, 0.2) is 12.4 Å². The lowest BCUT2D eigenvalue weighted by Gasteiger charge is -2.56. The SMILES string of the molecule is CN1CCN(C(=O)COc2ccc(/C=C3\CC4C5CC=C6CC(Cl)CCC6(C)C5CCC4(C)C3=O)cc2)CC1. The first-order chi connectivity index (χ1) is 18.7. The van der Waals surface area contributed by atoms with E-state index in [0.29, 0.717) is 29.3 Å². The molecule has 0 radical (unpaired) electrons. The monoisotopic (exact) mass is 550 g/mol. The molecule has 1 heterocycles. The number of ether oxygens (including phenoxy) is 1. The van der Waals surface area contributed by atoms with Crippen molar-refractivity contribution in [3.63, 3.8) is 0 Å². The Labute approximate surface area is 238 Å². The highest BCUT2D eigenvalue weighted by molar-refractivity contribution is 6.20. The molecule has 5 nitrogen and oxygen atoms in total. The molecule has 39 heavy (non-hydrogen) atoms. The van der Waals surface area contributed by atoms with E-state index in [9.17, 15) is 9.59 Å². The van der Waals surface area contributed by atoms with Gasteiger partial charge in [-0.3, -0.25) is 9.59 Å². The molecule has 6 unspecified atom stereocenters. The summed E-state index contributed by atoms with van der Waals surface area (Å²) in [6.45, 7) is 8.10. The zero-order valence-electron chi connectivity index (χ0n) is 23.8. The van der Waals surface area contributed by atoms with Crippen LogP contribution in [0.4, 0.5) is 0 Å². The summed E-state index contributed by atoms with van der Waals surface area (Å²) in [5.41, 5.74) is 3.60. The van der Waals surface area contributed by atoms with Crippen LogP contribution in [0.1, 0.15) is 64.4 Å². The van der Waals surface area contributed by atoms with Crippen LogP contribution in [-0.2, 0) is 9.59 Å². The smallest absolute Gasteiger partial charge is 0.260 e. The van der Waals surface area contributed by atoms with Gasteiger partial charge >= 0.3 is 0 Å². The van der Waals surface area contributed by atoms with E-state index >= 15 is 0 Å². The maximum Gasteiger partial charge on any atom is 0.260 e. The second-order valence-corrected chi connectivity index (χ2v) is 13.9. The molecule has 5 aliphatic rings. The summed E-state index contributed by atoms with van der Waals surface area (Å²) >= 11 is 6.56. The molecule has 1 amide bonds. The van der Waals surface area contributed by atoms with Gasteiger partial charge in [0.05, 0.1) is 0 Å². The molecule has 4 fully saturated rings. The Bertz CT molecular complexity index is 1180. The Morgan fingerprint density at radius 3 is 2.49 bits per heavy atom. The van der Waals surface area contributed by atoms with Gasteiger partial charge in [-0.25, -0.2) is 0 Å². The molecule has 3 saturated carbocycles. The number of hydrogen-bond donors (Lipinski definition) is 0. The molecular weight excluding hydrogens is 508 g/mol. The summed E-state index contributed by atoms with van der Waals surface area (Å²) in [7, 11) is 2.08. The van der Waals surface area contributed by atoms with Gasteiger partial charge in [0.1, 0.15) is 5.75 Å². The number of hydrogen-bond acceptors (Lipinski definition) is 4. The summed E-state index contributed by atoms with van der Waals surface area (Å²) in [5, 5.41) is 0.284. The first-order valence-electron chi connectivity index (χ1n) is 15.0. The van der Waals surface area contributed by atoms with Gasteiger partial charge in [0.2, 0.25) is 0 Å². The summed E-state index contributed by atoms with van der Waals surface area (Å²) in [4.78, 5) is 30.4. The van der Waals surface area contributed by atoms with Crippen molar-refractivity contribution in [2.45, 2.75) is 64.2 Å². The number of carbonyl (C=O) groups excluding carboxylic acids is 2. The van der Waals surface area contributed by atoms with E-state index in [1.165, 1.54) is 6.42 Å². The zero-order chi connectivity index (χ0) is 27.4. The van der Waals surface area contributed by atoms with Crippen molar-refractivity contribution < 1.29 is 14.3 Å². The number of alkyl halides is 1. The minimum Gasteiger partial charge on any atom is -0.484 e. The third-order valence-corrected chi connectivity index (χ3v) is 11.5. The molecule has 4 aliphatic carbocycles. The predicted molar refractivity (Wildman–Crippen MR) is 156 cm³/mol. The normalized spacial score (nSPS) is 37.6. The topological polar surface area (TPSA) is 49.9 Å². The molecule has 210 valence electrons. The number of ketones is 1. The van der Waals surface area contributed by atoms with Crippen molar-refractivity contribution in [2.75, 3.05) is 39.8 Å². The van der Waals surface area contributed by atoms with E-state index in [-0.39, 0.29) is 28.7 Å². The molecule has 6 atom stereocenters. The summed E-state index contributed by atoms with van der Waals surface area (Å²) in [6.07, 6.45) is 12.1. The van der Waals surface area contributed by atoms with Crippen LogP contribution in [0.3, 0.4) is 0 Å². The van der Waals surface area contributed by atoms with Gasteiger partial charge in [-0.05, 0) is 105 Å². The van der Waals surface area contributed by atoms with Crippen molar-refractivity contribution in [2.24, 2.45) is 28.6 Å². The number of benzene rings is 1. The molecule has 1 aromatic rings. The van der Waals surface area contributed by atoms with Crippen molar-refractivity contribution in [3.8, 4) is 5.75 Å². The lowest BCUT2D eigenvalue weighted by atomic mass is 9.48.